The van der Waals surface area contributed by atoms with Crippen LogP contribution in [0.1, 0.15) is 40.5 Å². The number of hydrogen-bond acceptors (Lipinski definition) is 4. The number of benzene rings is 2. The number of hydrogen-bond donors (Lipinski definition) is 2. The number of halogens is 1. The second-order valence-corrected chi connectivity index (χ2v) is 8.59. The SMILES string of the molecule is CCCn1cc(CN=C(NC(=O)c2cccc(N(C)C)c2)Nc2ccc(Cl)cc2C)c(C)n1. The molecule has 0 atom stereocenters. The maximum Gasteiger partial charge on any atom is 0.258 e. The molecular weight excluding hydrogens is 436 g/mol. The number of aliphatic imine (C=N–C) groups is 1. The van der Waals surface area contributed by atoms with Crippen LogP contribution in [0, 0.1) is 13.8 Å². The van der Waals surface area contributed by atoms with E-state index in [1.165, 1.54) is 0 Å². The summed E-state index contributed by atoms with van der Waals surface area (Å²) in [5.41, 5.74) is 5.21. The van der Waals surface area contributed by atoms with Crippen LogP contribution in [0.4, 0.5) is 11.4 Å². The van der Waals surface area contributed by atoms with Gasteiger partial charge in [0.05, 0.1) is 12.2 Å². The highest BCUT2D eigenvalue weighted by Crippen LogP contribution is 2.20. The highest BCUT2D eigenvalue weighted by molar-refractivity contribution is 6.30. The molecule has 2 aromatic carbocycles. The van der Waals surface area contributed by atoms with Crippen molar-refractivity contribution in [3.8, 4) is 0 Å². The average Bonchev–Trinajstić information content (AvgIpc) is 3.13. The molecule has 1 heterocycles. The van der Waals surface area contributed by atoms with Gasteiger partial charge in [0.15, 0.2) is 0 Å². The van der Waals surface area contributed by atoms with E-state index in [1.54, 1.807) is 12.1 Å². The molecule has 0 aliphatic rings. The zero-order valence-electron chi connectivity index (χ0n) is 19.8. The normalized spacial score (nSPS) is 11.4. The quantitative estimate of drug-likeness (QED) is 0.378. The third-order valence-corrected chi connectivity index (χ3v) is 5.44. The van der Waals surface area contributed by atoms with Crippen LogP contribution in [-0.4, -0.2) is 35.7 Å². The molecular formula is C25H31ClN6O. The summed E-state index contributed by atoms with van der Waals surface area (Å²) in [6.45, 7) is 7.29. The number of rotatable bonds is 7. The third-order valence-electron chi connectivity index (χ3n) is 5.21. The molecule has 2 N–H and O–H groups in total. The number of nitrogens with zero attached hydrogens (tertiary/aromatic N) is 4. The molecule has 0 aliphatic carbocycles. The average molecular weight is 467 g/mol. The lowest BCUT2D eigenvalue weighted by Crippen LogP contribution is -2.36. The molecule has 7 nitrogen and oxygen atoms in total. The molecule has 0 bridgehead atoms. The summed E-state index contributed by atoms with van der Waals surface area (Å²) in [5, 5.41) is 11.4. The molecule has 8 heteroatoms. The van der Waals surface area contributed by atoms with Gasteiger partial charge in [0.2, 0.25) is 5.96 Å². The van der Waals surface area contributed by atoms with Gasteiger partial charge in [-0.2, -0.15) is 5.10 Å². The second-order valence-electron chi connectivity index (χ2n) is 8.15. The van der Waals surface area contributed by atoms with Crippen LogP contribution < -0.4 is 15.5 Å². The zero-order chi connectivity index (χ0) is 24.0. The molecule has 1 amide bonds. The van der Waals surface area contributed by atoms with E-state index in [9.17, 15) is 4.79 Å². The lowest BCUT2D eigenvalue weighted by molar-refractivity contribution is 0.0977. The minimum absolute atomic E-state index is 0.241. The molecule has 174 valence electrons. The number of aromatic nitrogens is 2. The van der Waals surface area contributed by atoms with Gasteiger partial charge in [0.1, 0.15) is 0 Å². The lowest BCUT2D eigenvalue weighted by atomic mass is 10.2. The summed E-state index contributed by atoms with van der Waals surface area (Å²) >= 11 is 6.10. The number of anilines is 2. The lowest BCUT2D eigenvalue weighted by Gasteiger charge is -2.16. The van der Waals surface area contributed by atoms with Crippen LogP contribution in [0.3, 0.4) is 0 Å². The van der Waals surface area contributed by atoms with E-state index >= 15 is 0 Å². The van der Waals surface area contributed by atoms with E-state index < -0.39 is 0 Å². The van der Waals surface area contributed by atoms with Gasteiger partial charge >= 0.3 is 0 Å². The van der Waals surface area contributed by atoms with Gasteiger partial charge in [0, 0.05) is 54.4 Å². The first-order valence-electron chi connectivity index (χ1n) is 11.0. The number of guanidine groups is 1. The van der Waals surface area contributed by atoms with E-state index in [4.69, 9.17) is 11.6 Å². The van der Waals surface area contributed by atoms with Gasteiger partial charge in [-0.3, -0.25) is 14.8 Å². The van der Waals surface area contributed by atoms with E-state index in [1.807, 2.05) is 74.1 Å². The fourth-order valence-electron chi connectivity index (χ4n) is 3.33. The van der Waals surface area contributed by atoms with Crippen molar-refractivity contribution in [3.05, 3.63) is 76.1 Å². The summed E-state index contributed by atoms with van der Waals surface area (Å²) in [4.78, 5) is 19.7. The second kappa shape index (κ2) is 11.0. The van der Waals surface area contributed by atoms with Crippen molar-refractivity contribution in [2.24, 2.45) is 4.99 Å². The van der Waals surface area contributed by atoms with Gasteiger partial charge in [-0.25, -0.2) is 4.99 Å². The minimum atomic E-state index is -0.241. The highest BCUT2D eigenvalue weighted by atomic mass is 35.5. The highest BCUT2D eigenvalue weighted by Gasteiger charge is 2.13. The Bertz CT molecular complexity index is 1150. The third kappa shape index (κ3) is 6.58. The monoisotopic (exact) mass is 466 g/mol. The summed E-state index contributed by atoms with van der Waals surface area (Å²) in [6.07, 6.45) is 3.02. The molecule has 0 unspecified atom stereocenters. The molecule has 0 saturated heterocycles. The Kier molecular flexibility index (Phi) is 8.11. The maximum absolute atomic E-state index is 13.0. The minimum Gasteiger partial charge on any atom is -0.378 e. The topological polar surface area (TPSA) is 74.6 Å². The molecule has 0 spiro atoms. The smallest absolute Gasteiger partial charge is 0.258 e. The Hall–Kier alpha value is -3.32. The van der Waals surface area contributed by atoms with Crippen molar-refractivity contribution in [2.45, 2.75) is 40.3 Å². The van der Waals surface area contributed by atoms with E-state index in [0.717, 1.165) is 41.2 Å². The van der Waals surface area contributed by atoms with Gasteiger partial charge < -0.3 is 10.2 Å². The Morgan fingerprint density at radius 2 is 1.97 bits per heavy atom. The standard InChI is InChI=1S/C25H31ClN6O/c1-6-12-32-16-20(18(3)30-32)15-27-25(28-23-11-10-21(26)13-17(23)2)29-24(33)19-8-7-9-22(14-19)31(4)5/h7-11,13-14,16H,6,12,15H2,1-5H3,(H2,27,28,29,33). The van der Waals surface area contributed by atoms with Crippen molar-refractivity contribution >= 4 is 34.8 Å². The molecule has 33 heavy (non-hydrogen) atoms. The van der Waals surface area contributed by atoms with Crippen molar-refractivity contribution in [1.29, 1.82) is 0 Å². The molecule has 3 aromatic rings. The first-order chi connectivity index (χ1) is 15.8. The summed E-state index contributed by atoms with van der Waals surface area (Å²) in [6, 6.07) is 13.0. The maximum atomic E-state index is 13.0. The summed E-state index contributed by atoms with van der Waals surface area (Å²) < 4.78 is 1.93. The van der Waals surface area contributed by atoms with E-state index in [2.05, 4.69) is 27.6 Å². The molecule has 0 fully saturated rings. The molecule has 0 saturated carbocycles. The van der Waals surface area contributed by atoms with Gasteiger partial charge in [-0.05, 0) is 62.2 Å². The molecule has 3 rings (SSSR count). The largest absolute Gasteiger partial charge is 0.378 e. The van der Waals surface area contributed by atoms with Crippen LogP contribution in [-0.2, 0) is 13.1 Å². The number of aryl methyl sites for hydroxylation is 3. The number of carbonyl (C=O) groups is 1. The number of amides is 1. The number of nitrogens with one attached hydrogen (secondary N) is 2. The Morgan fingerprint density at radius 3 is 2.67 bits per heavy atom. The van der Waals surface area contributed by atoms with Crippen LogP contribution in [0.2, 0.25) is 5.02 Å². The Balaban J connectivity index is 1.86. The molecule has 1 aromatic heterocycles. The van der Waals surface area contributed by atoms with Gasteiger partial charge in [-0.15, -0.1) is 0 Å². The summed E-state index contributed by atoms with van der Waals surface area (Å²) in [5.74, 6) is 0.123. The van der Waals surface area contributed by atoms with Crippen molar-refractivity contribution in [2.75, 3.05) is 24.3 Å². The van der Waals surface area contributed by atoms with Crippen LogP contribution in [0.5, 0.6) is 0 Å². The van der Waals surface area contributed by atoms with Crippen molar-refractivity contribution < 1.29 is 4.79 Å². The van der Waals surface area contributed by atoms with Crippen molar-refractivity contribution in [3.63, 3.8) is 0 Å². The fourth-order valence-corrected chi connectivity index (χ4v) is 3.56. The first-order valence-corrected chi connectivity index (χ1v) is 11.3. The summed E-state index contributed by atoms with van der Waals surface area (Å²) in [7, 11) is 3.88. The number of carbonyl (C=O) groups excluding carboxylic acids is 1. The van der Waals surface area contributed by atoms with Crippen molar-refractivity contribution in [1.82, 2.24) is 15.1 Å². The van der Waals surface area contributed by atoms with Crippen LogP contribution in [0.25, 0.3) is 0 Å². The van der Waals surface area contributed by atoms with Crippen LogP contribution >= 0.6 is 11.6 Å². The fraction of sp³-hybridized carbons (Fsp3) is 0.320. The Labute approximate surface area is 200 Å². The molecule has 0 radical (unpaired) electrons. The molecule has 0 aliphatic heterocycles. The van der Waals surface area contributed by atoms with Gasteiger partial charge in [-0.1, -0.05) is 24.6 Å². The van der Waals surface area contributed by atoms with E-state index in [-0.39, 0.29) is 5.91 Å². The van der Waals surface area contributed by atoms with Gasteiger partial charge in [0.25, 0.3) is 5.91 Å². The van der Waals surface area contributed by atoms with Crippen LogP contribution in [0.15, 0.2) is 53.7 Å². The van der Waals surface area contributed by atoms with E-state index in [0.29, 0.717) is 23.1 Å². The predicted molar refractivity (Wildman–Crippen MR) is 136 cm³/mol. The first kappa shape index (κ1) is 24.3. The Morgan fingerprint density at radius 1 is 1.18 bits per heavy atom. The predicted octanol–water partition coefficient (Wildman–Crippen LogP) is 5.03. The zero-order valence-corrected chi connectivity index (χ0v) is 20.6.